The van der Waals surface area contributed by atoms with E-state index >= 15 is 0 Å². The van der Waals surface area contributed by atoms with E-state index in [0.717, 1.165) is 34.6 Å². The number of carbonyl (C=O) groups is 1. The maximum absolute atomic E-state index is 12.1. The summed E-state index contributed by atoms with van der Waals surface area (Å²) >= 11 is 6.75. The van der Waals surface area contributed by atoms with E-state index in [0.29, 0.717) is 12.1 Å². The topological polar surface area (TPSA) is 49.3 Å². The van der Waals surface area contributed by atoms with Gasteiger partial charge in [-0.25, -0.2) is 0 Å². The summed E-state index contributed by atoms with van der Waals surface area (Å²) in [7, 11) is 0. The molecule has 0 heterocycles. The van der Waals surface area contributed by atoms with Gasteiger partial charge in [-0.1, -0.05) is 44.7 Å². The first-order valence-corrected chi connectivity index (χ1v) is 7.98. The molecule has 104 valence electrons. The molecule has 1 amide bonds. The minimum Gasteiger partial charge on any atom is -0.396 e. The van der Waals surface area contributed by atoms with E-state index in [2.05, 4.69) is 37.2 Å². The first kappa shape index (κ1) is 15.0. The molecular formula is C14H17Br2NO2. The van der Waals surface area contributed by atoms with Gasteiger partial charge >= 0.3 is 0 Å². The molecule has 0 atom stereocenters. The lowest BCUT2D eigenvalue weighted by molar-refractivity contribution is 0.0880. The highest BCUT2D eigenvalue weighted by Gasteiger charge is 2.33. The third-order valence-corrected chi connectivity index (χ3v) is 4.66. The molecule has 3 nitrogen and oxygen atoms in total. The molecule has 0 saturated heterocycles. The molecule has 0 spiro atoms. The molecule has 5 heteroatoms. The summed E-state index contributed by atoms with van der Waals surface area (Å²) in [5, 5.41) is 12.5. The van der Waals surface area contributed by atoms with Gasteiger partial charge in [0, 0.05) is 26.5 Å². The van der Waals surface area contributed by atoms with Crippen LogP contribution in [0.1, 0.15) is 36.0 Å². The fourth-order valence-corrected chi connectivity index (χ4v) is 3.86. The van der Waals surface area contributed by atoms with Crippen molar-refractivity contribution in [1.29, 1.82) is 0 Å². The number of halogens is 2. The van der Waals surface area contributed by atoms with Crippen LogP contribution in [0.15, 0.2) is 27.1 Å². The first-order valence-electron chi connectivity index (χ1n) is 6.40. The highest BCUT2D eigenvalue weighted by Crippen LogP contribution is 2.36. The number of hydrogen-bond donors (Lipinski definition) is 2. The number of carbonyl (C=O) groups excluding carboxylic acids is 1. The number of hydrogen-bond acceptors (Lipinski definition) is 2. The average molecular weight is 391 g/mol. The molecule has 2 N–H and O–H groups in total. The Morgan fingerprint density at radius 1 is 1.21 bits per heavy atom. The molecule has 1 saturated carbocycles. The molecule has 1 aliphatic carbocycles. The summed E-state index contributed by atoms with van der Waals surface area (Å²) < 4.78 is 1.73. The maximum Gasteiger partial charge on any atom is 0.251 e. The Balaban J connectivity index is 2.01. The largest absolute Gasteiger partial charge is 0.396 e. The number of aliphatic hydroxyl groups excluding tert-OH is 1. The molecule has 0 aliphatic heterocycles. The van der Waals surface area contributed by atoms with Crippen LogP contribution in [0.3, 0.4) is 0 Å². The summed E-state index contributed by atoms with van der Waals surface area (Å²) in [5.41, 5.74) is 0.506. The molecule has 1 aliphatic rings. The van der Waals surface area contributed by atoms with E-state index in [4.69, 9.17) is 0 Å². The molecule has 0 unspecified atom stereocenters. The van der Waals surface area contributed by atoms with Crippen molar-refractivity contribution in [3.8, 4) is 0 Å². The second kappa shape index (κ2) is 6.37. The number of amides is 1. The van der Waals surface area contributed by atoms with E-state index in [-0.39, 0.29) is 17.9 Å². The summed E-state index contributed by atoms with van der Waals surface area (Å²) in [6.45, 7) is 0.696. The van der Waals surface area contributed by atoms with Gasteiger partial charge in [0.05, 0.1) is 6.61 Å². The molecule has 0 aromatic heterocycles. The number of rotatable bonds is 4. The predicted molar refractivity (Wildman–Crippen MR) is 82.2 cm³/mol. The monoisotopic (exact) mass is 389 g/mol. The predicted octanol–water partition coefficient (Wildman–Crippen LogP) is 3.49. The Labute approximate surface area is 130 Å². The van der Waals surface area contributed by atoms with Gasteiger partial charge in [-0.2, -0.15) is 0 Å². The van der Waals surface area contributed by atoms with Crippen LogP contribution >= 0.6 is 31.9 Å². The molecule has 0 radical (unpaired) electrons. The third kappa shape index (κ3) is 3.80. The van der Waals surface area contributed by atoms with E-state index in [1.807, 2.05) is 6.07 Å². The fourth-order valence-electron chi connectivity index (χ4n) is 2.57. The zero-order chi connectivity index (χ0) is 13.9. The number of aliphatic hydroxyl groups is 1. The van der Waals surface area contributed by atoms with Crippen LogP contribution in [0.4, 0.5) is 0 Å². The van der Waals surface area contributed by atoms with Crippen LogP contribution in [0.5, 0.6) is 0 Å². The Bertz CT molecular complexity index is 450. The van der Waals surface area contributed by atoms with Crippen molar-refractivity contribution in [3.05, 3.63) is 32.7 Å². The summed E-state index contributed by atoms with van der Waals surface area (Å²) in [4.78, 5) is 12.1. The van der Waals surface area contributed by atoms with Crippen LogP contribution < -0.4 is 5.32 Å². The van der Waals surface area contributed by atoms with Gasteiger partial charge in [-0.15, -0.1) is 0 Å². The standard InChI is InChI=1S/C14H17Br2NO2/c15-11-5-10(6-12(16)7-11)13(19)17-8-14(9-18)3-1-2-4-14/h5-7,18H,1-4,8-9H2,(H,17,19). The Morgan fingerprint density at radius 2 is 1.79 bits per heavy atom. The van der Waals surface area contributed by atoms with Crippen LogP contribution in [-0.2, 0) is 0 Å². The SMILES string of the molecule is O=C(NCC1(CO)CCCC1)c1cc(Br)cc(Br)c1. The van der Waals surface area contributed by atoms with Crippen LogP contribution in [0.25, 0.3) is 0 Å². The van der Waals surface area contributed by atoms with E-state index in [1.54, 1.807) is 12.1 Å². The van der Waals surface area contributed by atoms with Gasteiger partial charge in [0.2, 0.25) is 0 Å². The van der Waals surface area contributed by atoms with Crippen molar-refractivity contribution in [3.63, 3.8) is 0 Å². The summed E-state index contributed by atoms with van der Waals surface area (Å²) in [6.07, 6.45) is 4.26. The van der Waals surface area contributed by atoms with Crippen molar-refractivity contribution in [2.75, 3.05) is 13.2 Å². The lowest BCUT2D eigenvalue weighted by Gasteiger charge is -2.26. The Kier molecular flexibility index (Phi) is 5.03. The molecule has 1 aromatic carbocycles. The molecule has 2 rings (SSSR count). The molecule has 0 bridgehead atoms. The van der Waals surface area contributed by atoms with Gasteiger partial charge in [0.1, 0.15) is 0 Å². The van der Waals surface area contributed by atoms with Crippen molar-refractivity contribution < 1.29 is 9.90 Å². The molecular weight excluding hydrogens is 374 g/mol. The number of benzene rings is 1. The van der Waals surface area contributed by atoms with Crippen molar-refractivity contribution >= 4 is 37.8 Å². The second-order valence-electron chi connectivity index (χ2n) is 5.21. The third-order valence-electron chi connectivity index (χ3n) is 3.75. The normalized spacial score (nSPS) is 17.4. The van der Waals surface area contributed by atoms with E-state index in [1.165, 1.54) is 0 Å². The van der Waals surface area contributed by atoms with Crippen molar-refractivity contribution in [2.45, 2.75) is 25.7 Å². The lowest BCUT2D eigenvalue weighted by Crippen LogP contribution is -2.38. The van der Waals surface area contributed by atoms with Gasteiger partial charge in [0.25, 0.3) is 5.91 Å². The van der Waals surface area contributed by atoms with Crippen molar-refractivity contribution in [2.24, 2.45) is 5.41 Å². The molecule has 19 heavy (non-hydrogen) atoms. The second-order valence-corrected chi connectivity index (χ2v) is 7.04. The van der Waals surface area contributed by atoms with Crippen LogP contribution in [0.2, 0.25) is 0 Å². The minimum absolute atomic E-state index is 0.0956. The van der Waals surface area contributed by atoms with Crippen LogP contribution in [0, 0.1) is 5.41 Å². The number of nitrogens with one attached hydrogen (secondary N) is 1. The zero-order valence-electron chi connectivity index (χ0n) is 10.6. The Morgan fingerprint density at radius 3 is 2.32 bits per heavy atom. The lowest BCUT2D eigenvalue weighted by atomic mass is 9.87. The summed E-state index contributed by atoms with van der Waals surface area (Å²) in [5.74, 6) is -0.0956. The Hall–Kier alpha value is -0.390. The van der Waals surface area contributed by atoms with Gasteiger partial charge in [-0.3, -0.25) is 4.79 Å². The smallest absolute Gasteiger partial charge is 0.251 e. The summed E-state index contributed by atoms with van der Waals surface area (Å²) in [6, 6.07) is 5.48. The zero-order valence-corrected chi connectivity index (χ0v) is 13.8. The van der Waals surface area contributed by atoms with Gasteiger partial charge in [-0.05, 0) is 31.0 Å². The van der Waals surface area contributed by atoms with Gasteiger partial charge in [0.15, 0.2) is 0 Å². The highest BCUT2D eigenvalue weighted by molar-refractivity contribution is 9.11. The maximum atomic E-state index is 12.1. The van der Waals surface area contributed by atoms with Gasteiger partial charge < -0.3 is 10.4 Å². The highest BCUT2D eigenvalue weighted by atomic mass is 79.9. The quantitative estimate of drug-likeness (QED) is 0.826. The molecule has 1 aromatic rings. The average Bonchev–Trinajstić information content (AvgIpc) is 2.84. The van der Waals surface area contributed by atoms with Crippen LogP contribution in [-0.4, -0.2) is 24.2 Å². The minimum atomic E-state index is -0.112. The fraction of sp³-hybridized carbons (Fsp3) is 0.500. The van der Waals surface area contributed by atoms with E-state index in [9.17, 15) is 9.90 Å². The first-order chi connectivity index (χ1) is 9.04. The van der Waals surface area contributed by atoms with Crippen molar-refractivity contribution in [1.82, 2.24) is 5.32 Å². The molecule has 1 fully saturated rings. The van der Waals surface area contributed by atoms with E-state index < -0.39 is 0 Å².